The molecule has 0 spiro atoms. The van der Waals surface area contributed by atoms with E-state index in [4.69, 9.17) is 4.74 Å². The van der Waals surface area contributed by atoms with Crippen molar-refractivity contribution in [1.82, 2.24) is 10.2 Å². The Morgan fingerprint density at radius 2 is 1.64 bits per heavy atom. The summed E-state index contributed by atoms with van der Waals surface area (Å²) in [6, 6.07) is -1.60. The average molecular weight is 414 g/mol. The topological polar surface area (TPSA) is 127 Å². The Morgan fingerprint density at radius 3 is 2.14 bits per heavy atom. The third-order valence-corrected chi connectivity index (χ3v) is 7.61. The van der Waals surface area contributed by atoms with E-state index in [1.807, 2.05) is 0 Å². The number of carbonyl (C=O) groups is 4. The van der Waals surface area contributed by atoms with Gasteiger partial charge in [-0.1, -0.05) is 12.8 Å². The quantitative estimate of drug-likeness (QED) is 0.487. The summed E-state index contributed by atoms with van der Waals surface area (Å²) in [6.07, 6.45) is 2.24. The van der Waals surface area contributed by atoms with Gasteiger partial charge in [-0.2, -0.15) is 0 Å². The van der Waals surface area contributed by atoms with Crippen LogP contribution in [-0.2, 0) is 33.8 Å². The lowest BCUT2D eigenvalue weighted by atomic mass is 9.81. The molecule has 2 saturated heterocycles. The summed E-state index contributed by atoms with van der Waals surface area (Å²) in [7, 11) is -3.14. The second-order valence-electron chi connectivity index (χ2n) is 7.91. The van der Waals surface area contributed by atoms with Crippen LogP contribution in [0.15, 0.2) is 0 Å². The molecular weight excluding hydrogens is 388 g/mol. The average Bonchev–Trinajstić information content (AvgIpc) is 3.11. The van der Waals surface area contributed by atoms with E-state index in [-0.39, 0.29) is 35.2 Å². The first-order valence-corrected chi connectivity index (χ1v) is 11.5. The number of hydrogen-bond donors (Lipinski definition) is 1. The molecule has 1 saturated carbocycles. The number of sulfone groups is 1. The van der Waals surface area contributed by atoms with Crippen molar-refractivity contribution >= 4 is 33.5 Å². The molecule has 3 aliphatic rings. The Kier molecular flexibility index (Phi) is 5.79. The van der Waals surface area contributed by atoms with Gasteiger partial charge < -0.3 is 10.1 Å². The molecular formula is C18H26N2O7S. The van der Waals surface area contributed by atoms with Gasteiger partial charge in [0.25, 0.3) is 5.91 Å². The van der Waals surface area contributed by atoms with Crippen LogP contribution in [0.2, 0.25) is 0 Å². The number of carbonyl (C=O) groups excluding carboxylic acids is 4. The lowest BCUT2D eigenvalue weighted by molar-refractivity contribution is -0.164. The number of amides is 3. The van der Waals surface area contributed by atoms with Gasteiger partial charge in [-0.25, -0.2) is 13.2 Å². The normalized spacial score (nSPS) is 31.2. The number of ether oxygens (including phenoxy) is 1. The fourth-order valence-corrected chi connectivity index (χ4v) is 5.90. The SMILES string of the molecule is C[C@@H](OC(=O)[C@H](C)N1C(=O)[C@H]2CCCC[C@H]2C1=O)C(=O)N[C@@H]1CCS(=O)(=O)C1. The van der Waals surface area contributed by atoms with Crippen molar-refractivity contribution in [1.29, 1.82) is 0 Å². The Labute approximate surface area is 164 Å². The van der Waals surface area contributed by atoms with Crippen molar-refractivity contribution in [2.24, 2.45) is 11.8 Å². The van der Waals surface area contributed by atoms with Gasteiger partial charge in [-0.15, -0.1) is 0 Å². The van der Waals surface area contributed by atoms with Crippen molar-refractivity contribution in [2.75, 3.05) is 11.5 Å². The maximum absolute atomic E-state index is 12.6. The molecule has 5 atom stereocenters. The van der Waals surface area contributed by atoms with E-state index < -0.39 is 39.9 Å². The lowest BCUT2D eigenvalue weighted by Crippen LogP contribution is -2.47. The summed E-state index contributed by atoms with van der Waals surface area (Å²) in [5, 5.41) is 2.56. The van der Waals surface area contributed by atoms with Crippen molar-refractivity contribution in [3.63, 3.8) is 0 Å². The molecule has 0 unspecified atom stereocenters. The molecule has 3 fully saturated rings. The van der Waals surface area contributed by atoms with Gasteiger partial charge in [0.15, 0.2) is 15.9 Å². The van der Waals surface area contributed by atoms with E-state index >= 15 is 0 Å². The fourth-order valence-electron chi connectivity index (χ4n) is 4.23. The molecule has 0 aromatic carbocycles. The van der Waals surface area contributed by atoms with Gasteiger partial charge in [-0.3, -0.25) is 19.3 Å². The summed E-state index contributed by atoms with van der Waals surface area (Å²) in [4.78, 5) is 50.7. The number of hydrogen-bond acceptors (Lipinski definition) is 7. The maximum atomic E-state index is 12.6. The van der Waals surface area contributed by atoms with Crippen LogP contribution in [0.5, 0.6) is 0 Å². The van der Waals surface area contributed by atoms with Crippen LogP contribution >= 0.6 is 0 Å². The monoisotopic (exact) mass is 414 g/mol. The van der Waals surface area contributed by atoms with E-state index in [9.17, 15) is 27.6 Å². The molecule has 9 nitrogen and oxygen atoms in total. The molecule has 0 aromatic heterocycles. The van der Waals surface area contributed by atoms with Crippen LogP contribution in [0.3, 0.4) is 0 Å². The third-order valence-electron chi connectivity index (χ3n) is 5.84. The summed E-state index contributed by atoms with van der Waals surface area (Å²) in [5.74, 6) is -2.94. The van der Waals surface area contributed by atoms with Gasteiger partial charge in [-0.05, 0) is 33.1 Å². The molecule has 10 heteroatoms. The predicted molar refractivity (Wildman–Crippen MR) is 97.5 cm³/mol. The Balaban J connectivity index is 1.57. The highest BCUT2D eigenvalue weighted by atomic mass is 32.2. The van der Waals surface area contributed by atoms with Crippen LogP contribution in [0.25, 0.3) is 0 Å². The molecule has 28 heavy (non-hydrogen) atoms. The first-order valence-electron chi connectivity index (χ1n) is 9.69. The zero-order chi connectivity index (χ0) is 20.6. The van der Waals surface area contributed by atoms with E-state index in [0.29, 0.717) is 19.3 Å². The summed E-state index contributed by atoms with van der Waals surface area (Å²) in [6.45, 7) is 2.79. The highest BCUT2D eigenvalue weighted by molar-refractivity contribution is 7.91. The molecule has 2 heterocycles. The molecule has 1 N–H and O–H groups in total. The highest BCUT2D eigenvalue weighted by Crippen LogP contribution is 2.38. The van der Waals surface area contributed by atoms with Crippen molar-refractivity contribution in [3.8, 4) is 0 Å². The van der Waals surface area contributed by atoms with Gasteiger partial charge >= 0.3 is 5.97 Å². The third kappa shape index (κ3) is 4.06. The van der Waals surface area contributed by atoms with Crippen LogP contribution < -0.4 is 5.32 Å². The Bertz CT molecular complexity index is 770. The molecule has 1 aliphatic carbocycles. The molecule has 156 valence electrons. The largest absolute Gasteiger partial charge is 0.451 e. The van der Waals surface area contributed by atoms with Crippen LogP contribution in [0.4, 0.5) is 0 Å². The second kappa shape index (κ2) is 7.81. The number of nitrogens with zero attached hydrogens (tertiary/aromatic N) is 1. The first kappa shape index (κ1) is 20.8. The van der Waals surface area contributed by atoms with Crippen LogP contribution in [0.1, 0.15) is 46.0 Å². The highest BCUT2D eigenvalue weighted by Gasteiger charge is 2.51. The van der Waals surface area contributed by atoms with Crippen LogP contribution in [-0.4, -0.2) is 66.7 Å². The Hall–Kier alpha value is -1.97. The Morgan fingerprint density at radius 1 is 1.07 bits per heavy atom. The smallest absolute Gasteiger partial charge is 0.329 e. The van der Waals surface area contributed by atoms with E-state index in [2.05, 4.69) is 5.32 Å². The van der Waals surface area contributed by atoms with Crippen molar-refractivity contribution in [3.05, 3.63) is 0 Å². The minimum absolute atomic E-state index is 0.0185. The number of likely N-dealkylation sites (tertiary alicyclic amines) is 1. The van der Waals surface area contributed by atoms with Gasteiger partial charge in [0, 0.05) is 6.04 Å². The predicted octanol–water partition coefficient (Wildman–Crippen LogP) is -0.215. The zero-order valence-corrected chi connectivity index (χ0v) is 16.9. The number of rotatable bonds is 5. The second-order valence-corrected chi connectivity index (χ2v) is 10.1. The fraction of sp³-hybridized carbons (Fsp3) is 0.778. The molecule has 3 rings (SSSR count). The zero-order valence-electron chi connectivity index (χ0n) is 16.0. The van der Waals surface area contributed by atoms with Gasteiger partial charge in [0.2, 0.25) is 11.8 Å². The number of esters is 1. The lowest BCUT2D eigenvalue weighted by Gasteiger charge is -2.23. The van der Waals surface area contributed by atoms with Gasteiger partial charge in [0.05, 0.1) is 23.3 Å². The molecule has 2 aliphatic heterocycles. The minimum Gasteiger partial charge on any atom is -0.451 e. The van der Waals surface area contributed by atoms with Gasteiger partial charge in [0.1, 0.15) is 6.04 Å². The summed E-state index contributed by atoms with van der Waals surface area (Å²) < 4.78 is 28.1. The molecule has 0 radical (unpaired) electrons. The number of imide groups is 1. The van der Waals surface area contributed by atoms with Crippen molar-refractivity contribution in [2.45, 2.75) is 64.1 Å². The van der Waals surface area contributed by atoms with E-state index in [0.717, 1.165) is 17.7 Å². The summed E-state index contributed by atoms with van der Waals surface area (Å²) in [5.41, 5.74) is 0. The van der Waals surface area contributed by atoms with Crippen molar-refractivity contribution < 1.29 is 32.3 Å². The minimum atomic E-state index is -3.14. The molecule has 0 bridgehead atoms. The molecule has 0 aromatic rings. The first-order chi connectivity index (χ1) is 13.1. The summed E-state index contributed by atoms with van der Waals surface area (Å²) >= 11 is 0. The standard InChI is InChI=1S/C18H26N2O7S/c1-10(20-16(22)13-5-3-4-6-14(13)17(20)23)18(24)27-11(2)15(21)19-12-7-8-28(25,26)9-12/h10-14H,3-9H2,1-2H3,(H,19,21)/t10-,11+,12+,13-,14+/m0/s1. The van der Waals surface area contributed by atoms with Crippen LogP contribution in [0, 0.1) is 11.8 Å². The maximum Gasteiger partial charge on any atom is 0.329 e. The van der Waals surface area contributed by atoms with E-state index in [1.165, 1.54) is 13.8 Å². The number of nitrogens with one attached hydrogen (secondary N) is 1. The van der Waals surface area contributed by atoms with E-state index in [1.54, 1.807) is 0 Å². The molecule has 3 amide bonds. The number of fused-ring (bicyclic) bond motifs is 1.